The van der Waals surface area contributed by atoms with E-state index in [4.69, 9.17) is 24.1 Å². The Bertz CT molecular complexity index is 4220. The number of ether oxygens (including phenoxy) is 1. The van der Waals surface area contributed by atoms with Gasteiger partial charge in [0.25, 0.3) is 6.71 Å². The molecule has 3 aliphatic rings. The Hall–Kier alpha value is -9.05. The van der Waals surface area contributed by atoms with Crippen molar-refractivity contribution in [3.8, 4) is 28.8 Å². The van der Waals surface area contributed by atoms with Gasteiger partial charge in [-0.2, -0.15) is 15.0 Å². The zero-order valence-electron chi connectivity index (χ0n) is 37.4. The van der Waals surface area contributed by atoms with E-state index in [9.17, 15) is 0 Å². The summed E-state index contributed by atoms with van der Waals surface area (Å²) in [5.41, 5.74) is 10.1. The maximum absolute atomic E-state index is 6.90. The minimum Gasteiger partial charge on any atom is -0.458 e. The molecule has 10 aromatic carbocycles. The summed E-state index contributed by atoms with van der Waals surface area (Å²) in [4.78, 5) is 19.1. The van der Waals surface area contributed by atoms with E-state index in [1.54, 1.807) is 0 Å². The van der Waals surface area contributed by atoms with E-state index < -0.39 is 8.07 Å². The number of anilines is 3. The predicted molar refractivity (Wildman–Crippen MR) is 287 cm³/mol. The molecule has 7 nitrogen and oxygen atoms in total. The molecule has 0 spiro atoms. The van der Waals surface area contributed by atoms with Gasteiger partial charge in [0.05, 0.1) is 11.0 Å². The Balaban J connectivity index is 1.00. The lowest BCUT2D eigenvalue weighted by Crippen LogP contribution is -2.74. The Morgan fingerprint density at radius 1 is 0.414 bits per heavy atom. The molecule has 9 heteroatoms. The van der Waals surface area contributed by atoms with Crippen molar-refractivity contribution in [1.29, 1.82) is 0 Å². The normalized spacial score (nSPS) is 13.2. The largest absolute Gasteiger partial charge is 0.458 e. The molecule has 3 aliphatic heterocycles. The average molecular weight is 910 g/mol. The molecule has 0 amide bonds. The van der Waals surface area contributed by atoms with Crippen molar-refractivity contribution in [2.24, 2.45) is 0 Å². The molecule has 0 unspecified atom stereocenters. The second-order valence-corrected chi connectivity index (χ2v) is 22.4. The molecule has 324 valence electrons. The lowest BCUT2D eigenvalue weighted by Gasteiger charge is -2.40. The highest BCUT2D eigenvalue weighted by molar-refractivity contribution is 7.20. The van der Waals surface area contributed by atoms with Crippen LogP contribution < -0.4 is 46.8 Å². The number of para-hydroxylation sites is 2. The molecular weight excluding hydrogens is 874 g/mol. The maximum Gasteiger partial charge on any atom is 0.258 e. The summed E-state index contributed by atoms with van der Waals surface area (Å²) < 4.78 is 15.7. The second-order valence-electron chi connectivity index (χ2n) is 18.6. The number of aromatic nitrogens is 4. The summed E-state index contributed by atoms with van der Waals surface area (Å²) in [5.74, 6) is 3.32. The van der Waals surface area contributed by atoms with Crippen molar-refractivity contribution in [3.63, 3.8) is 0 Å². The third-order valence-corrected chi connectivity index (χ3v) is 20.0. The van der Waals surface area contributed by atoms with E-state index in [0.717, 1.165) is 83.1 Å². The highest BCUT2D eigenvalue weighted by Crippen LogP contribution is 2.47. The van der Waals surface area contributed by atoms with E-state index in [-0.39, 0.29) is 6.71 Å². The summed E-state index contributed by atoms with van der Waals surface area (Å²) in [7, 11) is -2.92. The van der Waals surface area contributed by atoms with E-state index in [1.807, 2.05) is 0 Å². The van der Waals surface area contributed by atoms with Gasteiger partial charge in [-0.1, -0.05) is 170 Å². The predicted octanol–water partition coefficient (Wildman–Crippen LogP) is 9.78. The van der Waals surface area contributed by atoms with Crippen LogP contribution in [0.2, 0.25) is 0 Å². The third-order valence-electron chi connectivity index (χ3n) is 15.2. The Morgan fingerprint density at radius 3 is 1.70 bits per heavy atom. The van der Waals surface area contributed by atoms with E-state index >= 15 is 0 Å². The molecule has 6 heterocycles. The standard InChI is InChI=1S/C61H36BN5O2Si/c1-4-17-39(18-5-1)70(40-19-6-2-7-20-40,41-21-8-3-9-22-41)42-23-14-16-38(36-42)59-63-60(66-45-26-12-10-24-43(45)44-25-11-13-27-46(44)66)65-61(64-59)67-47-28-15-29-51-56(47)62-57-48(67)32-30-37-31-33-49-54(53(37)57)55-50(68-49)34-35-52(69-51)58(55)62/h1-36H. The summed E-state index contributed by atoms with van der Waals surface area (Å²) in [6.45, 7) is -0.0777. The van der Waals surface area contributed by atoms with Crippen LogP contribution >= 0.6 is 0 Å². The van der Waals surface area contributed by atoms with Crippen LogP contribution in [0.4, 0.5) is 17.3 Å². The second kappa shape index (κ2) is 14.0. The van der Waals surface area contributed by atoms with Crippen LogP contribution in [-0.4, -0.2) is 34.3 Å². The van der Waals surface area contributed by atoms with Crippen LogP contribution in [0, 0.1) is 0 Å². The lowest BCUT2D eigenvalue weighted by atomic mass is 9.32. The topological polar surface area (TPSA) is 69.2 Å². The Labute approximate surface area is 402 Å². The first-order valence-corrected chi connectivity index (χ1v) is 25.8. The molecule has 0 saturated heterocycles. The molecule has 16 rings (SSSR count). The fourth-order valence-corrected chi connectivity index (χ4v) is 17.2. The summed E-state index contributed by atoms with van der Waals surface area (Å²) in [6.07, 6.45) is 0. The van der Waals surface area contributed by atoms with Crippen LogP contribution in [0.5, 0.6) is 11.5 Å². The minimum atomic E-state index is -2.92. The van der Waals surface area contributed by atoms with Crippen LogP contribution in [0.15, 0.2) is 223 Å². The fourth-order valence-electron chi connectivity index (χ4n) is 12.4. The first-order valence-electron chi connectivity index (χ1n) is 23.8. The van der Waals surface area contributed by atoms with Gasteiger partial charge in [0.15, 0.2) is 13.9 Å². The van der Waals surface area contributed by atoms with Crippen molar-refractivity contribution in [2.75, 3.05) is 4.90 Å². The van der Waals surface area contributed by atoms with Crippen LogP contribution in [0.25, 0.3) is 71.9 Å². The Morgan fingerprint density at radius 2 is 0.986 bits per heavy atom. The van der Waals surface area contributed by atoms with Crippen LogP contribution in [0.1, 0.15) is 0 Å². The summed E-state index contributed by atoms with van der Waals surface area (Å²) >= 11 is 0. The molecule has 0 radical (unpaired) electrons. The van der Waals surface area contributed by atoms with Gasteiger partial charge in [-0.15, -0.1) is 0 Å². The lowest BCUT2D eigenvalue weighted by molar-refractivity contribution is 0.488. The number of rotatable bonds is 7. The number of nitrogens with zero attached hydrogens (tertiary/aromatic N) is 5. The highest BCUT2D eigenvalue weighted by Gasteiger charge is 2.47. The number of benzene rings is 10. The van der Waals surface area contributed by atoms with Gasteiger partial charge in [0.2, 0.25) is 11.9 Å². The summed E-state index contributed by atoms with van der Waals surface area (Å²) in [6, 6.07) is 78.5. The van der Waals surface area contributed by atoms with Gasteiger partial charge in [-0.3, -0.25) is 9.47 Å². The number of furan rings is 1. The fraction of sp³-hybridized carbons (Fsp3) is 0. The smallest absolute Gasteiger partial charge is 0.258 e. The molecule has 0 bridgehead atoms. The average Bonchev–Trinajstić information content (AvgIpc) is 3.99. The van der Waals surface area contributed by atoms with Crippen molar-refractivity contribution < 1.29 is 9.15 Å². The van der Waals surface area contributed by atoms with Gasteiger partial charge in [-0.05, 0) is 96.4 Å². The molecule has 70 heavy (non-hydrogen) atoms. The van der Waals surface area contributed by atoms with Gasteiger partial charge in [0, 0.05) is 38.5 Å². The molecule has 0 aliphatic carbocycles. The van der Waals surface area contributed by atoms with Crippen molar-refractivity contribution in [2.45, 2.75) is 0 Å². The van der Waals surface area contributed by atoms with E-state index in [0.29, 0.717) is 17.7 Å². The SMILES string of the molecule is c1ccc([Si](c2ccccc2)(c2ccccc2)c2cccc(-c3nc(N4c5cccc6c5B5c7c4ccc4ccc8oc9ccc(c5c9c8c74)O6)nc(-n4c5ccccc5c5ccccc54)n3)c2)cc1. The minimum absolute atomic E-state index is 0.0777. The number of fused-ring (bicyclic) bond motifs is 3. The number of hydrogen-bond donors (Lipinski definition) is 0. The zero-order chi connectivity index (χ0) is 45.7. The first-order chi connectivity index (χ1) is 34.7. The van der Waals surface area contributed by atoms with Gasteiger partial charge in [-0.25, -0.2) is 0 Å². The van der Waals surface area contributed by atoms with Crippen molar-refractivity contribution in [3.05, 3.63) is 218 Å². The van der Waals surface area contributed by atoms with Gasteiger partial charge in [0.1, 0.15) is 22.7 Å². The Kier molecular flexibility index (Phi) is 7.60. The number of hydrogen-bond acceptors (Lipinski definition) is 6. The molecule has 3 aromatic heterocycles. The molecule has 13 aromatic rings. The van der Waals surface area contributed by atoms with Crippen LogP contribution in [0.3, 0.4) is 0 Å². The third kappa shape index (κ3) is 4.95. The molecule has 0 atom stereocenters. The molecule has 0 N–H and O–H groups in total. The van der Waals surface area contributed by atoms with Gasteiger partial charge < -0.3 is 9.15 Å². The molecule has 0 saturated carbocycles. The van der Waals surface area contributed by atoms with Gasteiger partial charge >= 0.3 is 0 Å². The maximum atomic E-state index is 6.90. The molecular formula is C61H36BN5O2Si. The van der Waals surface area contributed by atoms with Crippen molar-refractivity contribution >= 4 is 124 Å². The van der Waals surface area contributed by atoms with Crippen molar-refractivity contribution in [1.82, 2.24) is 19.5 Å². The zero-order valence-corrected chi connectivity index (χ0v) is 38.4. The van der Waals surface area contributed by atoms with E-state index in [2.05, 4.69) is 228 Å². The monoisotopic (exact) mass is 909 g/mol. The quantitative estimate of drug-likeness (QED) is 0.117. The summed E-state index contributed by atoms with van der Waals surface area (Å²) in [5, 5.41) is 12.0. The highest BCUT2D eigenvalue weighted by atomic mass is 28.3. The first kappa shape index (κ1) is 38.0. The molecule has 0 fully saturated rings. The van der Waals surface area contributed by atoms with Crippen LogP contribution in [-0.2, 0) is 0 Å². The van der Waals surface area contributed by atoms with E-state index in [1.165, 1.54) is 37.0 Å².